The number of nitrogens with two attached hydrogens (primary N) is 1. The average molecular weight is 272 g/mol. The lowest BCUT2D eigenvalue weighted by atomic mass is 10.3. The molecule has 0 aliphatic carbocycles. The molecule has 2 aromatic heterocycles. The van der Waals surface area contributed by atoms with Crippen LogP contribution in [0, 0.1) is 0 Å². The third-order valence-electron chi connectivity index (χ3n) is 3.70. The number of nitrogen functional groups attached to an aromatic ring is 1. The molecule has 6 heteroatoms. The fraction of sp³-hybridized carbons (Fsp3) is 0.429. The van der Waals surface area contributed by atoms with Crippen molar-refractivity contribution in [3.63, 3.8) is 0 Å². The highest BCUT2D eigenvalue weighted by Crippen LogP contribution is 2.14. The topological polar surface area (TPSA) is 63.2 Å². The van der Waals surface area contributed by atoms with Crippen molar-refractivity contribution >= 4 is 11.6 Å². The first-order chi connectivity index (χ1) is 9.72. The summed E-state index contributed by atoms with van der Waals surface area (Å²) in [6.07, 6.45) is 1.85. The number of hydrogen-bond acceptors (Lipinski definition) is 5. The SMILES string of the molecule is Cn1nc(CN2CCN(c3ccccn3)CC2)cc1N. The van der Waals surface area contributed by atoms with Crippen LogP contribution in [0.5, 0.6) is 0 Å². The molecule has 1 aliphatic rings. The average Bonchev–Trinajstić information content (AvgIpc) is 2.79. The van der Waals surface area contributed by atoms with Crippen LogP contribution in [0.2, 0.25) is 0 Å². The van der Waals surface area contributed by atoms with Crippen LogP contribution in [-0.2, 0) is 13.6 Å². The number of nitrogens with zero attached hydrogens (tertiary/aromatic N) is 5. The van der Waals surface area contributed by atoms with Crippen LogP contribution >= 0.6 is 0 Å². The molecule has 0 amide bonds. The van der Waals surface area contributed by atoms with Crippen molar-refractivity contribution in [1.29, 1.82) is 0 Å². The zero-order chi connectivity index (χ0) is 13.9. The van der Waals surface area contributed by atoms with Crippen LogP contribution in [0.4, 0.5) is 11.6 Å². The molecule has 1 fully saturated rings. The molecule has 2 N–H and O–H groups in total. The van der Waals surface area contributed by atoms with Gasteiger partial charge < -0.3 is 10.6 Å². The Balaban J connectivity index is 1.56. The van der Waals surface area contributed by atoms with Crippen molar-refractivity contribution in [3.05, 3.63) is 36.2 Å². The predicted molar refractivity (Wildman–Crippen MR) is 79.3 cm³/mol. The Bertz CT molecular complexity index is 537. The molecule has 6 nitrogen and oxygen atoms in total. The van der Waals surface area contributed by atoms with Gasteiger partial charge in [0.05, 0.1) is 5.69 Å². The summed E-state index contributed by atoms with van der Waals surface area (Å²) in [4.78, 5) is 9.13. The maximum atomic E-state index is 5.81. The van der Waals surface area contributed by atoms with Gasteiger partial charge in [-0.2, -0.15) is 5.10 Å². The Morgan fingerprint density at radius 2 is 2.00 bits per heavy atom. The second-order valence-corrected chi connectivity index (χ2v) is 5.14. The van der Waals surface area contributed by atoms with E-state index in [4.69, 9.17) is 5.73 Å². The highest BCUT2D eigenvalue weighted by Gasteiger charge is 2.18. The number of anilines is 2. The molecule has 0 spiro atoms. The van der Waals surface area contributed by atoms with Crippen molar-refractivity contribution in [1.82, 2.24) is 19.7 Å². The molecule has 0 atom stereocenters. The van der Waals surface area contributed by atoms with E-state index in [-0.39, 0.29) is 0 Å². The van der Waals surface area contributed by atoms with Crippen molar-refractivity contribution < 1.29 is 0 Å². The van der Waals surface area contributed by atoms with Gasteiger partial charge in [-0.15, -0.1) is 0 Å². The number of hydrogen-bond donors (Lipinski definition) is 1. The lowest BCUT2D eigenvalue weighted by molar-refractivity contribution is 0.246. The minimum absolute atomic E-state index is 0.715. The summed E-state index contributed by atoms with van der Waals surface area (Å²) in [6, 6.07) is 8.00. The third-order valence-corrected chi connectivity index (χ3v) is 3.70. The normalized spacial score (nSPS) is 16.6. The molecule has 106 valence electrons. The lowest BCUT2D eigenvalue weighted by Gasteiger charge is -2.34. The Morgan fingerprint density at radius 1 is 1.20 bits per heavy atom. The number of pyridine rings is 1. The molecule has 1 saturated heterocycles. The Hall–Kier alpha value is -2.08. The summed E-state index contributed by atoms with van der Waals surface area (Å²) in [5.74, 6) is 1.78. The number of aromatic nitrogens is 3. The van der Waals surface area contributed by atoms with Crippen LogP contribution in [0.1, 0.15) is 5.69 Å². The van der Waals surface area contributed by atoms with Crippen molar-refractivity contribution in [3.8, 4) is 0 Å². The van der Waals surface area contributed by atoms with Gasteiger partial charge in [0, 0.05) is 52.0 Å². The highest BCUT2D eigenvalue weighted by atomic mass is 15.3. The summed E-state index contributed by atoms with van der Waals surface area (Å²) in [5.41, 5.74) is 6.85. The van der Waals surface area contributed by atoms with E-state index < -0.39 is 0 Å². The minimum Gasteiger partial charge on any atom is -0.384 e. The molecule has 3 rings (SSSR count). The molecular weight excluding hydrogens is 252 g/mol. The van der Waals surface area contributed by atoms with E-state index in [0.717, 1.165) is 44.2 Å². The standard InChI is InChI=1S/C14H20N6/c1-18-13(15)10-12(17-18)11-19-6-8-20(9-7-19)14-4-2-3-5-16-14/h2-5,10H,6-9,11,15H2,1H3. The predicted octanol–water partition coefficient (Wildman–Crippen LogP) is 0.719. The number of aryl methyl sites for hydroxylation is 1. The van der Waals surface area contributed by atoms with E-state index in [9.17, 15) is 0 Å². The molecule has 1 aliphatic heterocycles. The van der Waals surface area contributed by atoms with Crippen LogP contribution in [0.15, 0.2) is 30.5 Å². The maximum absolute atomic E-state index is 5.81. The number of rotatable bonds is 3. The first-order valence-corrected chi connectivity index (χ1v) is 6.89. The van der Waals surface area contributed by atoms with E-state index in [0.29, 0.717) is 5.82 Å². The summed E-state index contributed by atoms with van der Waals surface area (Å²) >= 11 is 0. The molecule has 20 heavy (non-hydrogen) atoms. The first kappa shape index (κ1) is 12.9. The van der Waals surface area contributed by atoms with Gasteiger partial charge in [0.2, 0.25) is 0 Å². The fourth-order valence-electron chi connectivity index (χ4n) is 2.53. The van der Waals surface area contributed by atoms with Crippen molar-refractivity contribution in [2.45, 2.75) is 6.54 Å². The molecule has 0 aromatic carbocycles. The van der Waals surface area contributed by atoms with Gasteiger partial charge in [0.25, 0.3) is 0 Å². The molecule has 0 bridgehead atoms. The highest BCUT2D eigenvalue weighted by molar-refractivity contribution is 5.38. The van der Waals surface area contributed by atoms with Gasteiger partial charge in [-0.25, -0.2) is 4.98 Å². The van der Waals surface area contributed by atoms with Gasteiger partial charge in [-0.05, 0) is 12.1 Å². The summed E-state index contributed by atoms with van der Waals surface area (Å²) in [6.45, 7) is 4.90. The van der Waals surface area contributed by atoms with Crippen LogP contribution in [-0.4, -0.2) is 45.8 Å². The zero-order valence-electron chi connectivity index (χ0n) is 11.7. The van der Waals surface area contributed by atoms with E-state index in [1.165, 1.54) is 0 Å². The summed E-state index contributed by atoms with van der Waals surface area (Å²) < 4.78 is 1.72. The lowest BCUT2D eigenvalue weighted by Crippen LogP contribution is -2.46. The Labute approximate surface area is 118 Å². The Morgan fingerprint density at radius 3 is 2.60 bits per heavy atom. The quantitative estimate of drug-likeness (QED) is 0.892. The smallest absolute Gasteiger partial charge is 0.128 e. The second-order valence-electron chi connectivity index (χ2n) is 5.14. The van der Waals surface area contributed by atoms with E-state index in [1.54, 1.807) is 4.68 Å². The van der Waals surface area contributed by atoms with Gasteiger partial charge in [0.15, 0.2) is 0 Å². The molecule has 0 unspecified atom stereocenters. The first-order valence-electron chi connectivity index (χ1n) is 6.89. The summed E-state index contributed by atoms with van der Waals surface area (Å²) in [7, 11) is 1.87. The van der Waals surface area contributed by atoms with E-state index in [1.807, 2.05) is 31.4 Å². The minimum atomic E-state index is 0.715. The van der Waals surface area contributed by atoms with Gasteiger partial charge in [-0.1, -0.05) is 6.07 Å². The molecule has 2 aromatic rings. The van der Waals surface area contributed by atoms with Gasteiger partial charge >= 0.3 is 0 Å². The van der Waals surface area contributed by atoms with Gasteiger partial charge in [-0.3, -0.25) is 9.58 Å². The third kappa shape index (κ3) is 2.75. The Kier molecular flexibility index (Phi) is 3.56. The van der Waals surface area contributed by atoms with Crippen LogP contribution < -0.4 is 10.6 Å². The van der Waals surface area contributed by atoms with Crippen molar-refractivity contribution in [2.24, 2.45) is 7.05 Å². The van der Waals surface area contributed by atoms with Gasteiger partial charge in [0.1, 0.15) is 11.6 Å². The summed E-state index contributed by atoms with van der Waals surface area (Å²) in [5, 5.41) is 4.41. The largest absolute Gasteiger partial charge is 0.384 e. The second kappa shape index (κ2) is 5.50. The van der Waals surface area contributed by atoms with Crippen LogP contribution in [0.25, 0.3) is 0 Å². The maximum Gasteiger partial charge on any atom is 0.128 e. The van der Waals surface area contributed by atoms with Crippen molar-refractivity contribution in [2.75, 3.05) is 36.8 Å². The molecular formula is C14H20N6. The van der Waals surface area contributed by atoms with E-state index in [2.05, 4.69) is 25.9 Å². The zero-order valence-corrected chi connectivity index (χ0v) is 11.7. The van der Waals surface area contributed by atoms with E-state index >= 15 is 0 Å². The number of piperazine rings is 1. The fourth-order valence-corrected chi connectivity index (χ4v) is 2.53. The molecule has 0 saturated carbocycles. The monoisotopic (exact) mass is 272 g/mol. The molecule has 0 radical (unpaired) electrons. The van der Waals surface area contributed by atoms with Crippen LogP contribution in [0.3, 0.4) is 0 Å². The molecule has 3 heterocycles.